The van der Waals surface area contributed by atoms with E-state index in [4.69, 9.17) is 0 Å². The number of hydrogen-bond acceptors (Lipinski definition) is 2. The Kier molecular flexibility index (Phi) is 2.89. The van der Waals surface area contributed by atoms with E-state index in [1.165, 1.54) is 0 Å². The maximum atomic E-state index is 9.17. The summed E-state index contributed by atoms with van der Waals surface area (Å²) in [7, 11) is 0. The molecule has 0 bridgehead atoms. The number of nitriles is 1. The molecule has 3 heteroatoms. The van der Waals surface area contributed by atoms with Crippen molar-refractivity contribution in [1.82, 2.24) is 9.38 Å². The van der Waals surface area contributed by atoms with Gasteiger partial charge in [0.15, 0.2) is 0 Å². The van der Waals surface area contributed by atoms with Gasteiger partial charge in [-0.2, -0.15) is 5.26 Å². The Bertz CT molecular complexity index is 587. The number of pyridine rings is 1. The van der Waals surface area contributed by atoms with E-state index in [9.17, 15) is 5.26 Å². The summed E-state index contributed by atoms with van der Waals surface area (Å²) in [6.07, 6.45) is 0. The standard InChI is InChI=1S/C14H17N3/c1-9(2)13-14(10(3)8-15)17-11(4)6-5-7-12(17)16-13/h5-7,9-10H,1-4H3. The highest BCUT2D eigenvalue weighted by atomic mass is 15.0. The Labute approximate surface area is 102 Å². The molecule has 0 spiro atoms. The average molecular weight is 227 g/mol. The summed E-state index contributed by atoms with van der Waals surface area (Å²) in [4.78, 5) is 4.65. The zero-order valence-corrected chi connectivity index (χ0v) is 10.7. The van der Waals surface area contributed by atoms with Gasteiger partial charge in [-0.3, -0.25) is 4.40 Å². The quantitative estimate of drug-likeness (QED) is 0.789. The van der Waals surface area contributed by atoms with Crippen LogP contribution in [0.2, 0.25) is 0 Å². The summed E-state index contributed by atoms with van der Waals surface area (Å²) in [6.45, 7) is 8.21. The largest absolute Gasteiger partial charge is 0.300 e. The molecule has 88 valence electrons. The van der Waals surface area contributed by atoms with Crippen LogP contribution in [0.25, 0.3) is 5.65 Å². The first-order chi connectivity index (χ1) is 8.06. The molecule has 2 rings (SSSR count). The Hall–Kier alpha value is -1.82. The molecule has 2 heterocycles. The fraction of sp³-hybridized carbons (Fsp3) is 0.429. The van der Waals surface area contributed by atoms with E-state index in [1.54, 1.807) is 0 Å². The van der Waals surface area contributed by atoms with Crippen molar-refractivity contribution in [3.63, 3.8) is 0 Å². The SMILES string of the molecule is Cc1cccc2nc(C(C)C)c(C(C)C#N)n12. The highest BCUT2D eigenvalue weighted by Gasteiger charge is 2.20. The van der Waals surface area contributed by atoms with E-state index in [0.29, 0.717) is 5.92 Å². The molecule has 1 unspecified atom stereocenters. The lowest BCUT2D eigenvalue weighted by atomic mass is 10.0. The summed E-state index contributed by atoms with van der Waals surface area (Å²) >= 11 is 0. The summed E-state index contributed by atoms with van der Waals surface area (Å²) in [5.74, 6) is 0.198. The molecule has 0 aliphatic carbocycles. The lowest BCUT2D eigenvalue weighted by Gasteiger charge is -2.10. The molecule has 0 saturated carbocycles. The van der Waals surface area contributed by atoms with Crippen molar-refractivity contribution in [2.75, 3.05) is 0 Å². The normalized spacial score (nSPS) is 12.9. The van der Waals surface area contributed by atoms with Crippen LogP contribution in [0, 0.1) is 18.3 Å². The zero-order chi connectivity index (χ0) is 12.6. The second kappa shape index (κ2) is 4.21. The highest BCUT2D eigenvalue weighted by molar-refractivity contribution is 5.47. The third-order valence-corrected chi connectivity index (χ3v) is 3.05. The molecule has 0 radical (unpaired) electrons. The monoisotopic (exact) mass is 227 g/mol. The van der Waals surface area contributed by atoms with Crippen LogP contribution < -0.4 is 0 Å². The third kappa shape index (κ3) is 1.80. The van der Waals surface area contributed by atoms with Crippen LogP contribution in [0.1, 0.15) is 49.7 Å². The van der Waals surface area contributed by atoms with E-state index < -0.39 is 0 Å². The fourth-order valence-electron chi connectivity index (χ4n) is 2.20. The summed E-state index contributed by atoms with van der Waals surface area (Å²) in [5, 5.41) is 9.17. The molecule has 0 aliphatic rings. The van der Waals surface area contributed by atoms with E-state index in [2.05, 4.69) is 29.3 Å². The average Bonchev–Trinajstić information content (AvgIpc) is 2.69. The maximum Gasteiger partial charge on any atom is 0.137 e. The smallest absolute Gasteiger partial charge is 0.137 e. The molecule has 3 nitrogen and oxygen atoms in total. The predicted octanol–water partition coefficient (Wildman–Crippen LogP) is 3.39. The van der Waals surface area contributed by atoms with Crippen molar-refractivity contribution in [2.24, 2.45) is 0 Å². The lowest BCUT2D eigenvalue weighted by molar-refractivity contribution is 0.779. The first kappa shape index (κ1) is 11.7. The minimum atomic E-state index is -0.136. The fourth-order valence-corrected chi connectivity index (χ4v) is 2.20. The molecule has 0 saturated heterocycles. The summed E-state index contributed by atoms with van der Waals surface area (Å²) in [6, 6.07) is 8.36. The van der Waals surface area contributed by atoms with Crippen LogP contribution in [0.4, 0.5) is 0 Å². The Morgan fingerprint density at radius 2 is 2.00 bits per heavy atom. The van der Waals surface area contributed by atoms with Gasteiger partial charge in [0.2, 0.25) is 0 Å². The van der Waals surface area contributed by atoms with E-state index >= 15 is 0 Å². The molecule has 2 aromatic heterocycles. The summed E-state index contributed by atoms with van der Waals surface area (Å²) < 4.78 is 2.10. The predicted molar refractivity (Wildman–Crippen MR) is 68.0 cm³/mol. The van der Waals surface area contributed by atoms with Crippen LogP contribution in [-0.4, -0.2) is 9.38 Å². The maximum absolute atomic E-state index is 9.17. The van der Waals surface area contributed by atoms with Crippen molar-refractivity contribution in [1.29, 1.82) is 5.26 Å². The topological polar surface area (TPSA) is 41.1 Å². The Morgan fingerprint density at radius 1 is 1.29 bits per heavy atom. The molecule has 1 atom stereocenters. The van der Waals surface area contributed by atoms with Crippen LogP contribution >= 0.6 is 0 Å². The van der Waals surface area contributed by atoms with Crippen LogP contribution in [-0.2, 0) is 0 Å². The van der Waals surface area contributed by atoms with Gasteiger partial charge >= 0.3 is 0 Å². The second-order valence-electron chi connectivity index (χ2n) is 4.75. The Morgan fingerprint density at radius 3 is 2.59 bits per heavy atom. The molecule has 0 aromatic carbocycles. The Balaban J connectivity index is 2.84. The van der Waals surface area contributed by atoms with Gasteiger partial charge in [0, 0.05) is 5.69 Å². The molecular formula is C14H17N3. The van der Waals surface area contributed by atoms with Crippen molar-refractivity contribution >= 4 is 5.65 Å². The van der Waals surface area contributed by atoms with E-state index in [0.717, 1.165) is 22.7 Å². The molecule has 0 aliphatic heterocycles. The molecule has 0 fully saturated rings. The molecule has 2 aromatic rings. The van der Waals surface area contributed by atoms with Gasteiger partial charge in [-0.1, -0.05) is 19.9 Å². The third-order valence-electron chi connectivity index (χ3n) is 3.05. The molecule has 0 amide bonds. The molecule has 0 N–H and O–H groups in total. The molecule has 17 heavy (non-hydrogen) atoms. The van der Waals surface area contributed by atoms with Gasteiger partial charge in [-0.25, -0.2) is 4.98 Å². The highest BCUT2D eigenvalue weighted by Crippen LogP contribution is 2.27. The van der Waals surface area contributed by atoms with Gasteiger partial charge < -0.3 is 0 Å². The van der Waals surface area contributed by atoms with E-state index in [1.807, 2.05) is 32.0 Å². The van der Waals surface area contributed by atoms with Crippen molar-refractivity contribution in [3.8, 4) is 6.07 Å². The number of nitrogens with zero attached hydrogens (tertiary/aromatic N) is 3. The van der Waals surface area contributed by atoms with Crippen molar-refractivity contribution in [3.05, 3.63) is 35.3 Å². The van der Waals surface area contributed by atoms with Gasteiger partial charge in [0.25, 0.3) is 0 Å². The number of fused-ring (bicyclic) bond motifs is 1. The minimum Gasteiger partial charge on any atom is -0.300 e. The number of imidazole rings is 1. The lowest BCUT2D eigenvalue weighted by Crippen LogP contribution is -2.03. The van der Waals surface area contributed by atoms with E-state index in [-0.39, 0.29) is 5.92 Å². The summed E-state index contributed by atoms with van der Waals surface area (Å²) in [5.41, 5.74) is 4.13. The van der Waals surface area contributed by atoms with Crippen LogP contribution in [0.3, 0.4) is 0 Å². The number of aromatic nitrogens is 2. The first-order valence-electron chi connectivity index (χ1n) is 5.93. The molecular weight excluding hydrogens is 210 g/mol. The van der Waals surface area contributed by atoms with Crippen LogP contribution in [0.15, 0.2) is 18.2 Å². The number of rotatable bonds is 2. The van der Waals surface area contributed by atoms with Crippen molar-refractivity contribution < 1.29 is 0 Å². The van der Waals surface area contributed by atoms with Gasteiger partial charge in [-0.15, -0.1) is 0 Å². The van der Waals surface area contributed by atoms with Gasteiger partial charge in [0.05, 0.1) is 23.4 Å². The first-order valence-corrected chi connectivity index (χ1v) is 5.93. The number of hydrogen-bond donors (Lipinski definition) is 0. The van der Waals surface area contributed by atoms with Gasteiger partial charge in [0.1, 0.15) is 5.65 Å². The van der Waals surface area contributed by atoms with Crippen molar-refractivity contribution in [2.45, 2.75) is 39.5 Å². The number of aryl methyl sites for hydroxylation is 1. The zero-order valence-electron chi connectivity index (χ0n) is 10.7. The van der Waals surface area contributed by atoms with Crippen LogP contribution in [0.5, 0.6) is 0 Å². The van der Waals surface area contributed by atoms with Gasteiger partial charge in [-0.05, 0) is 31.9 Å². The second-order valence-corrected chi connectivity index (χ2v) is 4.75. The minimum absolute atomic E-state index is 0.136.